The molecule has 8 nitrogen and oxygen atoms in total. The number of likely N-dealkylation sites (tertiary alicyclic amines) is 1. The van der Waals surface area contributed by atoms with Crippen LogP contribution in [0.4, 0.5) is 13.2 Å². The Kier molecular flexibility index (Phi) is 6.49. The zero-order valence-corrected chi connectivity index (χ0v) is 21.1. The van der Waals surface area contributed by atoms with Gasteiger partial charge in [0.15, 0.2) is 15.9 Å². The van der Waals surface area contributed by atoms with E-state index >= 15 is 0 Å². The smallest absolute Gasteiger partial charge is 0.425 e. The normalized spacial score (nSPS) is 25.0. The Bertz CT molecular complexity index is 1240. The summed E-state index contributed by atoms with van der Waals surface area (Å²) in [6, 6.07) is 4.11. The number of ether oxygens (including phenoxy) is 1. The number of sulfone groups is 1. The second kappa shape index (κ2) is 8.80. The van der Waals surface area contributed by atoms with E-state index in [0.29, 0.717) is 25.7 Å². The molecule has 2 aliphatic carbocycles. The number of hydrogen-bond acceptors (Lipinski definition) is 6. The third-order valence-electron chi connectivity index (χ3n) is 7.09. The van der Waals surface area contributed by atoms with Gasteiger partial charge in [0, 0.05) is 18.0 Å². The molecule has 1 aromatic carbocycles. The summed E-state index contributed by atoms with van der Waals surface area (Å²) in [5.41, 5.74) is -1.64. The van der Waals surface area contributed by atoms with E-state index in [1.165, 1.54) is 4.90 Å². The zero-order chi connectivity index (χ0) is 26.7. The molecule has 4 rings (SSSR count). The second-order valence-corrected chi connectivity index (χ2v) is 12.6. The molecule has 1 aromatic rings. The molecule has 2 saturated carbocycles. The average Bonchev–Trinajstić information content (AvgIpc) is 3.69. The number of amides is 2. The number of alkyl halides is 3. The van der Waals surface area contributed by atoms with Crippen LogP contribution < -0.4 is 10.1 Å². The van der Waals surface area contributed by atoms with Gasteiger partial charge in [0.2, 0.25) is 11.8 Å². The molecule has 0 radical (unpaired) electrons. The first-order valence-electron chi connectivity index (χ1n) is 11.4. The number of rotatable bonds is 7. The van der Waals surface area contributed by atoms with Gasteiger partial charge in [-0.1, -0.05) is 18.5 Å². The van der Waals surface area contributed by atoms with Gasteiger partial charge >= 0.3 is 6.18 Å². The lowest BCUT2D eigenvalue weighted by Gasteiger charge is -2.27. The number of halogens is 4. The number of carbonyl (C=O) groups excluding carboxylic acids is 2. The van der Waals surface area contributed by atoms with Crippen LogP contribution in [0.25, 0.3) is 0 Å². The van der Waals surface area contributed by atoms with Crippen LogP contribution in [-0.2, 0) is 19.4 Å². The number of nitrogens with one attached hydrogen (secondary N) is 1. The molecule has 2 amide bonds. The first-order chi connectivity index (χ1) is 16.6. The second-order valence-electron chi connectivity index (χ2n) is 10.0. The van der Waals surface area contributed by atoms with E-state index in [2.05, 4.69) is 5.32 Å². The van der Waals surface area contributed by atoms with Crippen LogP contribution >= 0.6 is 11.6 Å². The molecule has 1 heterocycles. The monoisotopic (exact) mass is 547 g/mol. The minimum Gasteiger partial charge on any atom is -0.481 e. The predicted octanol–water partition coefficient (Wildman–Crippen LogP) is 3.39. The number of carbonyl (C=O) groups is 2. The molecule has 3 aliphatic rings. The number of nitrogens with zero attached hydrogens (tertiary/aromatic N) is 2. The summed E-state index contributed by atoms with van der Waals surface area (Å²) >= 11 is 6.15. The van der Waals surface area contributed by atoms with Crippen LogP contribution in [0.5, 0.6) is 5.75 Å². The number of benzene rings is 1. The van der Waals surface area contributed by atoms with Gasteiger partial charge in [0.1, 0.15) is 17.3 Å². The van der Waals surface area contributed by atoms with E-state index in [4.69, 9.17) is 16.3 Å². The summed E-state index contributed by atoms with van der Waals surface area (Å²) in [4.78, 5) is 27.1. The van der Waals surface area contributed by atoms with Crippen molar-refractivity contribution in [1.29, 1.82) is 5.26 Å². The highest BCUT2D eigenvalue weighted by molar-refractivity contribution is 7.92. The van der Waals surface area contributed by atoms with E-state index in [1.54, 1.807) is 6.92 Å². The molecular formula is C23H25ClF3N3O5S. The fraction of sp³-hybridized carbons (Fsp3) is 0.609. The van der Waals surface area contributed by atoms with Crippen molar-refractivity contribution in [3.63, 3.8) is 0 Å². The SMILES string of the molecule is C[C@H](Oc1ccc(S(=O)(=O)[C@@H]2C[C@@H](C(=O)NC3(C#N)CC3)N(C(=O)C3(C)CC3)C2)c(Cl)c1)C(F)(F)F. The summed E-state index contributed by atoms with van der Waals surface area (Å²) in [5, 5.41) is 10.5. The van der Waals surface area contributed by atoms with E-state index < -0.39 is 50.3 Å². The van der Waals surface area contributed by atoms with Gasteiger partial charge in [0.05, 0.1) is 21.2 Å². The maximum absolute atomic E-state index is 13.5. The zero-order valence-electron chi connectivity index (χ0n) is 19.6. The lowest BCUT2D eigenvalue weighted by atomic mass is 10.1. The Morgan fingerprint density at radius 2 is 1.92 bits per heavy atom. The van der Waals surface area contributed by atoms with Gasteiger partial charge in [-0.25, -0.2) is 8.42 Å². The summed E-state index contributed by atoms with van der Waals surface area (Å²) < 4.78 is 70.2. The van der Waals surface area contributed by atoms with Crippen molar-refractivity contribution in [2.45, 2.75) is 80.0 Å². The van der Waals surface area contributed by atoms with Gasteiger partial charge < -0.3 is 15.0 Å². The van der Waals surface area contributed by atoms with Gasteiger partial charge in [-0.05, 0) is 51.2 Å². The molecular weight excluding hydrogens is 523 g/mol. The molecule has 3 fully saturated rings. The van der Waals surface area contributed by atoms with Crippen LogP contribution in [0.3, 0.4) is 0 Å². The lowest BCUT2D eigenvalue weighted by molar-refractivity contribution is -0.189. The quantitative estimate of drug-likeness (QED) is 0.559. The molecule has 0 unspecified atom stereocenters. The molecule has 36 heavy (non-hydrogen) atoms. The van der Waals surface area contributed by atoms with Crippen LogP contribution in [0.2, 0.25) is 5.02 Å². The highest BCUT2D eigenvalue weighted by Crippen LogP contribution is 2.48. The molecule has 13 heteroatoms. The Morgan fingerprint density at radius 1 is 1.28 bits per heavy atom. The Morgan fingerprint density at radius 3 is 2.42 bits per heavy atom. The maximum atomic E-state index is 13.5. The summed E-state index contributed by atoms with van der Waals surface area (Å²) in [6.07, 6.45) is -4.73. The molecule has 0 bridgehead atoms. The van der Waals surface area contributed by atoms with Gasteiger partial charge in [-0.3, -0.25) is 9.59 Å². The van der Waals surface area contributed by atoms with Crippen molar-refractivity contribution in [2.24, 2.45) is 5.41 Å². The Labute approximate surface area is 211 Å². The van der Waals surface area contributed by atoms with Crippen LogP contribution in [-0.4, -0.2) is 60.8 Å². The third kappa shape index (κ3) is 5.00. The van der Waals surface area contributed by atoms with Crippen molar-refractivity contribution < 1.29 is 35.9 Å². The van der Waals surface area contributed by atoms with E-state index in [9.17, 15) is 36.4 Å². The fourth-order valence-corrected chi connectivity index (χ4v) is 6.42. The van der Waals surface area contributed by atoms with Crippen LogP contribution in [0.15, 0.2) is 23.1 Å². The Balaban J connectivity index is 1.58. The lowest BCUT2D eigenvalue weighted by Crippen LogP contribution is -2.50. The van der Waals surface area contributed by atoms with E-state index in [1.807, 2.05) is 6.07 Å². The van der Waals surface area contributed by atoms with E-state index in [0.717, 1.165) is 25.1 Å². The first kappa shape index (κ1) is 26.5. The molecule has 0 spiro atoms. The van der Waals surface area contributed by atoms with Crippen molar-refractivity contribution in [3.8, 4) is 11.8 Å². The number of hydrogen-bond donors (Lipinski definition) is 1. The topological polar surface area (TPSA) is 117 Å². The minimum absolute atomic E-state index is 0.197. The Hall–Kier alpha value is -2.52. The average molecular weight is 548 g/mol. The predicted molar refractivity (Wildman–Crippen MR) is 122 cm³/mol. The summed E-state index contributed by atoms with van der Waals surface area (Å²) in [5.74, 6) is -1.16. The highest BCUT2D eigenvalue weighted by atomic mass is 35.5. The minimum atomic E-state index is -4.62. The molecule has 1 N–H and O–H groups in total. The van der Waals surface area contributed by atoms with Gasteiger partial charge in [-0.15, -0.1) is 0 Å². The molecule has 3 atom stereocenters. The number of nitriles is 1. The molecule has 1 saturated heterocycles. The summed E-state index contributed by atoms with van der Waals surface area (Å²) in [7, 11) is -4.18. The van der Waals surface area contributed by atoms with Crippen LogP contribution in [0, 0.1) is 16.7 Å². The highest BCUT2D eigenvalue weighted by Gasteiger charge is 2.55. The third-order valence-corrected chi connectivity index (χ3v) is 9.70. The first-order valence-corrected chi connectivity index (χ1v) is 13.4. The standard InChI is InChI=1S/C23H25ClF3N3O5S/c1-13(23(25,26)27)35-14-3-4-18(16(24)9-14)36(33,34)15-10-17(19(31)29-22(12-28)7-8-22)30(11-15)20(32)21(2)5-6-21/h3-4,9,13,15,17H,5-8,10-11H2,1-2H3,(H,29,31)/t13-,15+,17-/m0/s1. The molecule has 1 aliphatic heterocycles. The van der Waals surface area contributed by atoms with E-state index in [-0.39, 0.29) is 34.5 Å². The van der Waals surface area contributed by atoms with Crippen molar-refractivity contribution in [1.82, 2.24) is 10.2 Å². The molecule has 0 aromatic heterocycles. The largest absolute Gasteiger partial charge is 0.481 e. The molecule has 196 valence electrons. The van der Waals surface area contributed by atoms with Crippen LogP contribution in [0.1, 0.15) is 46.0 Å². The van der Waals surface area contributed by atoms with Crippen molar-refractivity contribution in [2.75, 3.05) is 6.54 Å². The fourth-order valence-electron chi connectivity index (χ4n) is 4.19. The van der Waals surface area contributed by atoms with Gasteiger partial charge in [-0.2, -0.15) is 18.4 Å². The van der Waals surface area contributed by atoms with Crippen molar-refractivity contribution in [3.05, 3.63) is 23.2 Å². The maximum Gasteiger partial charge on any atom is 0.425 e. The van der Waals surface area contributed by atoms with Gasteiger partial charge in [0.25, 0.3) is 0 Å². The van der Waals surface area contributed by atoms with Crippen molar-refractivity contribution >= 4 is 33.3 Å². The summed E-state index contributed by atoms with van der Waals surface area (Å²) in [6.45, 7) is 2.32.